The first kappa shape index (κ1) is 16.5. The summed E-state index contributed by atoms with van der Waals surface area (Å²) < 4.78 is 15.9. The van der Waals surface area contributed by atoms with Gasteiger partial charge in [-0.05, 0) is 30.3 Å². The molecular weight excluding hydrogens is 350 g/mol. The highest BCUT2D eigenvalue weighted by Gasteiger charge is 2.17. The lowest BCUT2D eigenvalue weighted by Gasteiger charge is -2.02. The quantitative estimate of drug-likeness (QED) is 0.593. The summed E-state index contributed by atoms with van der Waals surface area (Å²) in [6.45, 7) is 0. The number of methoxy groups -OCH3 is 1. The van der Waals surface area contributed by atoms with Crippen molar-refractivity contribution >= 4 is 22.9 Å². The molecule has 0 aliphatic carbocycles. The first-order chi connectivity index (χ1) is 13.2. The molecule has 0 atom stereocenters. The summed E-state index contributed by atoms with van der Waals surface area (Å²) >= 11 is 0. The first-order valence-electron chi connectivity index (χ1n) is 7.95. The lowest BCUT2D eigenvalue weighted by molar-refractivity contribution is 0.102. The number of nitrogens with zero attached hydrogens (tertiary/aromatic N) is 2. The van der Waals surface area contributed by atoms with E-state index >= 15 is 0 Å². The summed E-state index contributed by atoms with van der Waals surface area (Å²) in [5.41, 5.74) is 0.432. The van der Waals surface area contributed by atoms with Crippen LogP contribution in [0.4, 0.5) is 6.01 Å². The van der Waals surface area contributed by atoms with Gasteiger partial charge in [0.05, 0.1) is 12.5 Å². The van der Waals surface area contributed by atoms with E-state index in [1.165, 1.54) is 0 Å². The molecule has 2 aromatic heterocycles. The van der Waals surface area contributed by atoms with E-state index in [2.05, 4.69) is 15.5 Å². The van der Waals surface area contributed by atoms with Gasteiger partial charge in [-0.25, -0.2) is 0 Å². The van der Waals surface area contributed by atoms with Crippen LogP contribution in [0.1, 0.15) is 10.4 Å². The second kappa shape index (κ2) is 6.75. The van der Waals surface area contributed by atoms with Crippen LogP contribution in [-0.4, -0.2) is 23.2 Å². The Labute approximate surface area is 152 Å². The average molecular weight is 363 g/mol. The Kier molecular flexibility index (Phi) is 4.13. The molecule has 8 heteroatoms. The number of hydrogen-bond acceptors (Lipinski definition) is 7. The molecule has 2 heterocycles. The highest BCUT2D eigenvalue weighted by molar-refractivity contribution is 6.04. The largest absolute Gasteiger partial charge is 0.497 e. The zero-order valence-electron chi connectivity index (χ0n) is 14.1. The number of anilines is 1. The molecule has 0 fully saturated rings. The van der Waals surface area contributed by atoms with Crippen LogP contribution < -0.4 is 15.5 Å². The molecule has 0 aliphatic rings. The normalized spacial score (nSPS) is 10.7. The van der Waals surface area contributed by atoms with E-state index in [9.17, 15) is 9.59 Å². The number of hydrogen-bond donors (Lipinski definition) is 1. The topological polar surface area (TPSA) is 107 Å². The molecule has 1 N–H and O–H groups in total. The molecule has 4 aromatic rings. The zero-order valence-corrected chi connectivity index (χ0v) is 14.1. The van der Waals surface area contributed by atoms with Crippen molar-refractivity contribution in [1.29, 1.82) is 0 Å². The average Bonchev–Trinajstić information content (AvgIpc) is 3.17. The van der Waals surface area contributed by atoms with Gasteiger partial charge in [0, 0.05) is 5.56 Å². The fraction of sp³-hybridized carbons (Fsp3) is 0.0526. The van der Waals surface area contributed by atoms with Gasteiger partial charge in [0.1, 0.15) is 23.2 Å². The van der Waals surface area contributed by atoms with Crippen molar-refractivity contribution in [2.75, 3.05) is 12.4 Å². The number of nitrogens with one attached hydrogen (secondary N) is 1. The molecule has 27 heavy (non-hydrogen) atoms. The number of ether oxygens (including phenoxy) is 1. The summed E-state index contributed by atoms with van der Waals surface area (Å²) in [6.07, 6.45) is 1.11. The second-order valence-electron chi connectivity index (χ2n) is 5.57. The van der Waals surface area contributed by atoms with Crippen molar-refractivity contribution in [2.45, 2.75) is 0 Å². The fourth-order valence-electron chi connectivity index (χ4n) is 2.55. The Hall–Kier alpha value is -3.94. The van der Waals surface area contributed by atoms with Gasteiger partial charge < -0.3 is 13.6 Å². The van der Waals surface area contributed by atoms with E-state index < -0.39 is 11.3 Å². The van der Waals surface area contributed by atoms with E-state index in [1.54, 1.807) is 55.6 Å². The fourth-order valence-corrected chi connectivity index (χ4v) is 2.55. The molecule has 2 aromatic carbocycles. The van der Waals surface area contributed by atoms with Gasteiger partial charge in [-0.3, -0.25) is 14.9 Å². The van der Waals surface area contributed by atoms with Crippen molar-refractivity contribution < 1.29 is 18.4 Å². The van der Waals surface area contributed by atoms with Crippen LogP contribution in [0.3, 0.4) is 0 Å². The number of para-hydroxylation sites is 1. The Morgan fingerprint density at radius 2 is 1.96 bits per heavy atom. The Bertz CT molecular complexity index is 1200. The summed E-state index contributed by atoms with van der Waals surface area (Å²) in [5.74, 6) is 0.134. The van der Waals surface area contributed by atoms with Crippen molar-refractivity contribution in [3.05, 3.63) is 70.6 Å². The third-order valence-electron chi connectivity index (χ3n) is 3.89. The Morgan fingerprint density at radius 3 is 2.81 bits per heavy atom. The molecule has 0 saturated heterocycles. The monoisotopic (exact) mass is 363 g/mol. The number of rotatable bonds is 4. The predicted molar refractivity (Wildman–Crippen MR) is 96.7 cm³/mol. The van der Waals surface area contributed by atoms with Gasteiger partial charge in [0.15, 0.2) is 0 Å². The molecule has 0 saturated carbocycles. The van der Waals surface area contributed by atoms with Crippen molar-refractivity contribution in [1.82, 2.24) is 10.2 Å². The number of fused-ring (bicyclic) bond motifs is 1. The number of carbonyl (C=O) groups is 1. The molecule has 134 valence electrons. The lowest BCUT2D eigenvalue weighted by Crippen LogP contribution is -2.21. The molecule has 0 spiro atoms. The predicted octanol–water partition coefficient (Wildman–Crippen LogP) is 3.10. The van der Waals surface area contributed by atoms with Crippen molar-refractivity contribution in [3.63, 3.8) is 0 Å². The molecule has 0 bridgehead atoms. The van der Waals surface area contributed by atoms with Crippen LogP contribution in [0.15, 0.2) is 68.4 Å². The van der Waals surface area contributed by atoms with Crippen LogP contribution in [0.25, 0.3) is 22.4 Å². The van der Waals surface area contributed by atoms with E-state index in [-0.39, 0.29) is 17.5 Å². The third-order valence-corrected chi connectivity index (χ3v) is 3.89. The Morgan fingerprint density at radius 1 is 1.11 bits per heavy atom. The Balaban J connectivity index is 1.60. The number of carbonyl (C=O) groups excluding carboxylic acids is 1. The van der Waals surface area contributed by atoms with Gasteiger partial charge in [-0.1, -0.05) is 23.3 Å². The van der Waals surface area contributed by atoms with Gasteiger partial charge in [0.2, 0.25) is 11.3 Å². The minimum absolute atomic E-state index is 0.134. The van der Waals surface area contributed by atoms with Crippen LogP contribution in [-0.2, 0) is 0 Å². The summed E-state index contributed by atoms with van der Waals surface area (Å²) in [6, 6.07) is 13.6. The molecule has 0 unspecified atom stereocenters. The maximum absolute atomic E-state index is 12.5. The zero-order chi connectivity index (χ0) is 18.8. The van der Waals surface area contributed by atoms with E-state index in [1.807, 2.05) is 0 Å². The molecule has 0 aliphatic heterocycles. The summed E-state index contributed by atoms with van der Waals surface area (Å²) in [4.78, 5) is 24.9. The summed E-state index contributed by atoms with van der Waals surface area (Å²) in [5, 5.41) is 10.4. The van der Waals surface area contributed by atoms with E-state index in [0.717, 1.165) is 6.26 Å². The van der Waals surface area contributed by atoms with Crippen LogP contribution in [0.2, 0.25) is 0 Å². The van der Waals surface area contributed by atoms with E-state index in [0.29, 0.717) is 22.3 Å². The molecule has 1 amide bonds. The molecule has 4 rings (SSSR count). The second-order valence-corrected chi connectivity index (χ2v) is 5.57. The van der Waals surface area contributed by atoms with Gasteiger partial charge in [-0.15, -0.1) is 5.10 Å². The van der Waals surface area contributed by atoms with Crippen molar-refractivity contribution in [3.8, 4) is 17.2 Å². The maximum atomic E-state index is 12.5. The number of benzene rings is 2. The lowest BCUT2D eigenvalue weighted by atomic mass is 10.1. The first-order valence-corrected chi connectivity index (χ1v) is 7.95. The smallest absolute Gasteiger partial charge is 0.322 e. The van der Waals surface area contributed by atoms with Crippen LogP contribution in [0.5, 0.6) is 5.75 Å². The van der Waals surface area contributed by atoms with Gasteiger partial charge in [-0.2, -0.15) is 0 Å². The van der Waals surface area contributed by atoms with Crippen molar-refractivity contribution in [2.24, 2.45) is 0 Å². The standard InChI is InChI=1S/C19H13N3O5/c1-25-12-6-4-5-11(9-12)18-21-22-19(27-18)20-17(24)14-10-26-15-8-3-2-7-13(15)16(14)23/h2-10H,1H3,(H,20,22,24). The maximum Gasteiger partial charge on any atom is 0.322 e. The SMILES string of the molecule is COc1cccc(-c2nnc(NC(=O)c3coc4ccccc4c3=O)o2)c1. The number of aromatic nitrogens is 2. The molecule has 0 radical (unpaired) electrons. The number of amides is 1. The highest BCUT2D eigenvalue weighted by atomic mass is 16.5. The third kappa shape index (κ3) is 3.15. The van der Waals surface area contributed by atoms with Crippen LogP contribution in [0, 0.1) is 0 Å². The summed E-state index contributed by atoms with van der Waals surface area (Å²) in [7, 11) is 1.55. The van der Waals surface area contributed by atoms with E-state index in [4.69, 9.17) is 13.6 Å². The minimum atomic E-state index is -0.699. The van der Waals surface area contributed by atoms with Gasteiger partial charge in [0.25, 0.3) is 5.91 Å². The molecule has 8 nitrogen and oxygen atoms in total. The highest BCUT2D eigenvalue weighted by Crippen LogP contribution is 2.24. The van der Waals surface area contributed by atoms with Crippen LogP contribution >= 0.6 is 0 Å². The minimum Gasteiger partial charge on any atom is -0.497 e. The molecular formula is C19H13N3O5. The van der Waals surface area contributed by atoms with Gasteiger partial charge >= 0.3 is 6.01 Å².